The molecule has 0 fully saturated rings. The van der Waals surface area contributed by atoms with E-state index in [0.29, 0.717) is 10.2 Å². The molecule has 0 bridgehead atoms. The average Bonchev–Trinajstić information content (AvgIpc) is 3.22. The van der Waals surface area contributed by atoms with Crippen molar-refractivity contribution in [2.75, 3.05) is 0 Å². The third-order valence-electron chi connectivity index (χ3n) is 5.05. The first kappa shape index (κ1) is 19.7. The summed E-state index contributed by atoms with van der Waals surface area (Å²) < 4.78 is 2.11. The number of hydrogen-bond donors (Lipinski definition) is 1. The van der Waals surface area contributed by atoms with Gasteiger partial charge in [0.05, 0.1) is 5.57 Å². The molecule has 1 N–H and O–H groups in total. The molecule has 0 saturated heterocycles. The summed E-state index contributed by atoms with van der Waals surface area (Å²) in [7, 11) is 0. The second-order valence-corrected chi connectivity index (χ2v) is 8.36. The van der Waals surface area contributed by atoms with E-state index in [4.69, 9.17) is 17.0 Å². The number of halogens is 1. The van der Waals surface area contributed by atoms with Crippen LogP contribution in [0.5, 0.6) is 0 Å². The van der Waals surface area contributed by atoms with Crippen molar-refractivity contribution in [2.45, 2.75) is 34.1 Å². The summed E-state index contributed by atoms with van der Waals surface area (Å²) in [4.78, 5) is 16.7. The van der Waals surface area contributed by atoms with Gasteiger partial charge in [0, 0.05) is 22.1 Å². The second kappa shape index (κ2) is 7.31. The molecular formula is C21H20ClN5OS. The first-order valence-corrected chi connectivity index (χ1v) is 10.4. The average molecular weight is 426 g/mol. The van der Waals surface area contributed by atoms with Crippen molar-refractivity contribution in [1.29, 1.82) is 5.41 Å². The first-order valence-electron chi connectivity index (χ1n) is 9.25. The standard InChI is InChI=1S/C21H20ClN5OS/c1-5-18-25-27-19(23)15(20(28)24-21(27)29-18)10-14-9-11(2)26(13(14)4)17-8-6-7-16(22)12(17)3/h6-10,23H,5H2,1-4H3/b15-10-,23-19?. The second-order valence-electron chi connectivity index (χ2n) is 6.91. The topological polar surface area (TPSA) is 73.8 Å². The minimum Gasteiger partial charge on any atom is -0.318 e. The predicted molar refractivity (Wildman–Crippen MR) is 120 cm³/mol. The normalized spacial score (nSPS) is 17.7. The van der Waals surface area contributed by atoms with Crippen LogP contribution in [0.1, 0.15) is 35.9 Å². The number of rotatable bonds is 3. The van der Waals surface area contributed by atoms with Gasteiger partial charge in [-0.05, 0) is 74.4 Å². The molecule has 6 nitrogen and oxygen atoms in total. The maximum Gasteiger partial charge on any atom is 0.283 e. The highest BCUT2D eigenvalue weighted by Gasteiger charge is 2.35. The number of aromatic nitrogens is 1. The number of carbonyl (C=O) groups is 1. The Morgan fingerprint density at radius 1 is 1.28 bits per heavy atom. The van der Waals surface area contributed by atoms with Gasteiger partial charge in [0.15, 0.2) is 5.84 Å². The van der Waals surface area contributed by atoms with Crippen molar-refractivity contribution in [3.63, 3.8) is 0 Å². The van der Waals surface area contributed by atoms with E-state index in [-0.39, 0.29) is 11.4 Å². The van der Waals surface area contributed by atoms with Crippen LogP contribution in [-0.4, -0.2) is 31.5 Å². The molecule has 4 rings (SSSR count). The van der Waals surface area contributed by atoms with Crippen LogP contribution in [0.4, 0.5) is 0 Å². The zero-order chi connectivity index (χ0) is 20.9. The van der Waals surface area contributed by atoms with E-state index in [1.54, 1.807) is 6.08 Å². The Hall–Kier alpha value is -2.64. The Morgan fingerprint density at radius 3 is 2.76 bits per heavy atom. The number of aliphatic imine (C=N–C) groups is 1. The maximum atomic E-state index is 12.6. The number of fused-ring (bicyclic) bond motifs is 1. The van der Waals surface area contributed by atoms with Gasteiger partial charge in [-0.15, -0.1) is 0 Å². The Morgan fingerprint density at radius 2 is 2.03 bits per heavy atom. The third kappa shape index (κ3) is 3.24. The molecule has 0 atom stereocenters. The van der Waals surface area contributed by atoms with Crippen molar-refractivity contribution < 1.29 is 4.79 Å². The van der Waals surface area contributed by atoms with Crippen molar-refractivity contribution in [3.8, 4) is 5.69 Å². The first-order chi connectivity index (χ1) is 13.8. The molecule has 1 aromatic heterocycles. The Balaban J connectivity index is 1.78. The zero-order valence-electron chi connectivity index (χ0n) is 16.6. The molecule has 0 spiro atoms. The number of hydrazone groups is 1. The fraction of sp³-hybridized carbons (Fsp3) is 0.238. The van der Waals surface area contributed by atoms with E-state index in [0.717, 1.165) is 39.7 Å². The number of carbonyl (C=O) groups excluding carboxylic acids is 1. The molecule has 1 aromatic carbocycles. The van der Waals surface area contributed by atoms with Crippen molar-refractivity contribution in [1.82, 2.24) is 9.58 Å². The molecule has 2 aliphatic heterocycles. The van der Waals surface area contributed by atoms with E-state index >= 15 is 0 Å². The number of nitrogens with one attached hydrogen (secondary N) is 1. The van der Waals surface area contributed by atoms with E-state index in [1.807, 2.05) is 52.0 Å². The highest BCUT2D eigenvalue weighted by atomic mass is 35.5. The summed E-state index contributed by atoms with van der Waals surface area (Å²) in [5.74, 6) is -0.357. The van der Waals surface area contributed by atoms with Gasteiger partial charge in [0.25, 0.3) is 5.91 Å². The molecule has 8 heteroatoms. The van der Waals surface area contributed by atoms with Gasteiger partial charge in [0.2, 0.25) is 5.17 Å². The maximum absolute atomic E-state index is 12.6. The van der Waals surface area contributed by atoms with Crippen LogP contribution >= 0.6 is 23.4 Å². The molecule has 0 saturated carbocycles. The van der Waals surface area contributed by atoms with Gasteiger partial charge >= 0.3 is 0 Å². The summed E-state index contributed by atoms with van der Waals surface area (Å²) in [5, 5.41) is 16.3. The summed E-state index contributed by atoms with van der Waals surface area (Å²) in [6, 6.07) is 7.81. The molecule has 29 heavy (non-hydrogen) atoms. The molecule has 2 aliphatic rings. The highest BCUT2D eigenvalue weighted by molar-refractivity contribution is 8.26. The number of nitrogens with zero attached hydrogens (tertiary/aromatic N) is 4. The van der Waals surface area contributed by atoms with Crippen LogP contribution in [0.15, 0.2) is 39.9 Å². The van der Waals surface area contributed by atoms with Crippen LogP contribution in [0.25, 0.3) is 11.8 Å². The summed E-state index contributed by atoms with van der Waals surface area (Å²) in [6.07, 6.45) is 2.47. The summed E-state index contributed by atoms with van der Waals surface area (Å²) in [5.41, 5.74) is 5.06. The van der Waals surface area contributed by atoms with Gasteiger partial charge in [-0.2, -0.15) is 15.1 Å². The largest absolute Gasteiger partial charge is 0.318 e. The Kier molecular flexibility index (Phi) is 4.96. The van der Waals surface area contributed by atoms with Gasteiger partial charge in [0.1, 0.15) is 5.04 Å². The smallest absolute Gasteiger partial charge is 0.283 e. The molecule has 0 aliphatic carbocycles. The SMILES string of the molecule is CCC1=NN2C(=N)/C(=C/c3cc(C)n(-c4cccc(Cl)c4C)c3C)C(=O)N=C2S1. The lowest BCUT2D eigenvalue weighted by atomic mass is 10.1. The molecular weight excluding hydrogens is 406 g/mol. The lowest BCUT2D eigenvalue weighted by Gasteiger charge is -2.20. The molecule has 1 amide bonds. The number of hydrogen-bond acceptors (Lipinski definition) is 4. The summed E-state index contributed by atoms with van der Waals surface area (Å²) >= 11 is 7.65. The minimum atomic E-state index is -0.412. The Labute approximate surface area is 178 Å². The number of amides is 1. The highest BCUT2D eigenvalue weighted by Crippen LogP contribution is 2.31. The summed E-state index contributed by atoms with van der Waals surface area (Å²) in [6.45, 7) is 7.97. The van der Waals surface area contributed by atoms with E-state index in [1.165, 1.54) is 16.8 Å². The van der Waals surface area contributed by atoms with Gasteiger partial charge in [-0.3, -0.25) is 10.2 Å². The van der Waals surface area contributed by atoms with Gasteiger partial charge < -0.3 is 4.57 Å². The number of amidine groups is 2. The fourth-order valence-electron chi connectivity index (χ4n) is 3.47. The monoisotopic (exact) mass is 425 g/mol. The number of aryl methyl sites for hydroxylation is 1. The molecule has 0 radical (unpaired) electrons. The Bertz CT molecular complexity index is 1160. The lowest BCUT2D eigenvalue weighted by Crippen LogP contribution is -2.35. The molecule has 3 heterocycles. The lowest BCUT2D eigenvalue weighted by molar-refractivity contribution is -0.114. The third-order valence-corrected chi connectivity index (χ3v) is 6.51. The molecule has 2 aromatic rings. The van der Waals surface area contributed by atoms with Crippen molar-refractivity contribution in [3.05, 3.63) is 57.4 Å². The van der Waals surface area contributed by atoms with Crippen LogP contribution in [0.2, 0.25) is 5.02 Å². The van der Waals surface area contributed by atoms with Crippen LogP contribution in [0, 0.1) is 26.2 Å². The van der Waals surface area contributed by atoms with Crippen molar-refractivity contribution >= 4 is 51.4 Å². The van der Waals surface area contributed by atoms with Crippen LogP contribution in [0.3, 0.4) is 0 Å². The van der Waals surface area contributed by atoms with Crippen LogP contribution < -0.4 is 0 Å². The zero-order valence-corrected chi connectivity index (χ0v) is 18.1. The van der Waals surface area contributed by atoms with E-state index in [9.17, 15) is 4.79 Å². The number of benzene rings is 1. The van der Waals surface area contributed by atoms with Gasteiger partial charge in [-0.25, -0.2) is 0 Å². The van der Waals surface area contributed by atoms with E-state index < -0.39 is 5.91 Å². The van der Waals surface area contributed by atoms with Crippen LogP contribution in [-0.2, 0) is 4.79 Å². The fourth-order valence-corrected chi connectivity index (χ4v) is 4.47. The minimum absolute atomic E-state index is 0.0553. The number of thioether (sulfide) groups is 1. The van der Waals surface area contributed by atoms with Gasteiger partial charge in [-0.1, -0.05) is 24.6 Å². The quantitative estimate of drug-likeness (QED) is 0.696. The predicted octanol–water partition coefficient (Wildman–Crippen LogP) is 5.09. The van der Waals surface area contributed by atoms with Crippen molar-refractivity contribution in [2.24, 2.45) is 10.1 Å². The van der Waals surface area contributed by atoms with E-state index in [2.05, 4.69) is 14.7 Å². The molecule has 0 unspecified atom stereocenters. The molecule has 148 valence electrons.